The van der Waals surface area contributed by atoms with Crippen molar-refractivity contribution < 1.29 is 80.9 Å². The van der Waals surface area contributed by atoms with E-state index in [0.717, 1.165) is 48.5 Å². The summed E-state index contributed by atoms with van der Waals surface area (Å²) in [5.41, 5.74) is -0.922. The molecule has 2 aliphatic rings. The molecular weight excluding hydrogens is 640 g/mol. The predicted octanol–water partition coefficient (Wildman–Crippen LogP) is 0.359. The fourth-order valence-corrected chi connectivity index (χ4v) is 5.72. The third-order valence-electron chi connectivity index (χ3n) is 6.22. The summed E-state index contributed by atoms with van der Waals surface area (Å²) in [5, 5.41) is 0. The molecule has 10 atom stereocenters. The van der Waals surface area contributed by atoms with Gasteiger partial charge in [-0.3, -0.25) is 33.6 Å². The van der Waals surface area contributed by atoms with Gasteiger partial charge in [0.1, 0.15) is 37.0 Å². The minimum absolute atomic E-state index is 0.434. The Morgan fingerprint density at radius 3 is 1.33 bits per heavy atom. The largest absolute Gasteiger partial charge is 0.463 e. The van der Waals surface area contributed by atoms with Gasteiger partial charge in [-0.15, -0.1) is 11.8 Å². The molecule has 260 valence electrons. The molecule has 0 saturated carbocycles. The SMILES string of the molecule is CCSC1O[C@H](COC(C)=O)[C@@H](O[C@@H]2O[C@H](COC(C)=O)[C@H](OC(C)=O)[C@H](OC(C)=O)[C@H]2OC(C)=O)[C@H](OC(C)=O)[C@H]1OC(C)=O. The van der Waals surface area contributed by atoms with Crippen molar-refractivity contribution in [2.45, 2.75) is 116 Å². The fraction of sp³-hybridized carbons (Fsp3) is 0.750. The van der Waals surface area contributed by atoms with Crippen LogP contribution in [0.5, 0.6) is 0 Å². The number of esters is 7. The van der Waals surface area contributed by atoms with Crippen LogP contribution < -0.4 is 0 Å². The molecule has 2 saturated heterocycles. The summed E-state index contributed by atoms with van der Waals surface area (Å²) >= 11 is 1.21. The number of thioether (sulfide) groups is 1. The zero-order valence-corrected chi connectivity index (χ0v) is 27.6. The Kier molecular flexibility index (Phi) is 15.2. The van der Waals surface area contributed by atoms with E-state index in [1.807, 2.05) is 0 Å². The molecule has 17 nitrogen and oxygen atoms in total. The molecule has 0 radical (unpaired) electrons. The summed E-state index contributed by atoms with van der Waals surface area (Å²) in [4.78, 5) is 84.5. The molecule has 46 heavy (non-hydrogen) atoms. The lowest BCUT2D eigenvalue weighted by molar-refractivity contribution is -0.341. The molecule has 2 heterocycles. The van der Waals surface area contributed by atoms with Gasteiger partial charge in [0.15, 0.2) is 36.8 Å². The average molecular weight is 681 g/mol. The second-order valence-electron chi connectivity index (χ2n) is 10.1. The van der Waals surface area contributed by atoms with Crippen LogP contribution in [0.2, 0.25) is 0 Å². The second kappa shape index (κ2) is 18.0. The topological polar surface area (TPSA) is 212 Å². The molecule has 2 fully saturated rings. The van der Waals surface area contributed by atoms with E-state index in [1.54, 1.807) is 6.92 Å². The summed E-state index contributed by atoms with van der Waals surface area (Å²) in [6.07, 6.45) is -13.1. The van der Waals surface area contributed by atoms with Crippen molar-refractivity contribution in [1.82, 2.24) is 0 Å². The molecule has 0 aromatic heterocycles. The Bertz CT molecular complexity index is 1130. The summed E-state index contributed by atoms with van der Waals surface area (Å²) in [6.45, 7) is 8.52. The minimum atomic E-state index is -1.72. The fourth-order valence-electron chi connectivity index (χ4n) is 4.77. The summed E-state index contributed by atoms with van der Waals surface area (Å²) in [5.74, 6) is -5.06. The molecule has 0 aliphatic carbocycles. The Morgan fingerprint density at radius 2 is 0.891 bits per heavy atom. The van der Waals surface area contributed by atoms with Gasteiger partial charge >= 0.3 is 41.8 Å². The number of hydrogen-bond donors (Lipinski definition) is 0. The van der Waals surface area contributed by atoms with Crippen molar-refractivity contribution in [3.8, 4) is 0 Å². The smallest absolute Gasteiger partial charge is 0.303 e. The Balaban J connectivity index is 2.70. The summed E-state index contributed by atoms with van der Waals surface area (Å²) in [7, 11) is 0. The molecule has 0 bridgehead atoms. The van der Waals surface area contributed by atoms with E-state index in [1.165, 1.54) is 11.8 Å². The van der Waals surface area contributed by atoms with Crippen molar-refractivity contribution in [2.24, 2.45) is 0 Å². The van der Waals surface area contributed by atoms with Crippen molar-refractivity contribution in [1.29, 1.82) is 0 Å². The van der Waals surface area contributed by atoms with E-state index in [0.29, 0.717) is 5.75 Å². The molecule has 0 N–H and O–H groups in total. The molecule has 0 spiro atoms. The number of carbonyl (C=O) groups is 7. The van der Waals surface area contributed by atoms with Crippen LogP contribution in [0.15, 0.2) is 0 Å². The van der Waals surface area contributed by atoms with Crippen LogP contribution in [0, 0.1) is 0 Å². The Morgan fingerprint density at radius 1 is 0.500 bits per heavy atom. The molecule has 1 unspecified atom stereocenters. The van der Waals surface area contributed by atoms with Gasteiger partial charge in [0, 0.05) is 48.5 Å². The third kappa shape index (κ3) is 11.7. The molecule has 0 aromatic rings. The lowest BCUT2D eigenvalue weighted by atomic mass is 9.96. The molecule has 2 aliphatic heterocycles. The Labute approximate surface area is 269 Å². The monoisotopic (exact) mass is 680 g/mol. The van der Waals surface area contributed by atoms with Gasteiger partial charge in [-0.25, -0.2) is 0 Å². The maximum Gasteiger partial charge on any atom is 0.303 e. The van der Waals surface area contributed by atoms with Gasteiger partial charge in [0.05, 0.1) is 0 Å². The first-order chi connectivity index (χ1) is 21.5. The van der Waals surface area contributed by atoms with Crippen LogP contribution in [0.25, 0.3) is 0 Å². The average Bonchev–Trinajstić information content (AvgIpc) is 2.91. The van der Waals surface area contributed by atoms with Crippen molar-refractivity contribution in [3.05, 3.63) is 0 Å². The van der Waals surface area contributed by atoms with E-state index in [2.05, 4.69) is 0 Å². The minimum Gasteiger partial charge on any atom is -0.463 e. The highest BCUT2D eigenvalue weighted by Crippen LogP contribution is 2.37. The van der Waals surface area contributed by atoms with Gasteiger partial charge in [0.25, 0.3) is 0 Å². The van der Waals surface area contributed by atoms with E-state index in [4.69, 9.17) is 47.4 Å². The third-order valence-corrected chi connectivity index (χ3v) is 7.26. The van der Waals surface area contributed by atoms with E-state index >= 15 is 0 Å². The number of ether oxygens (including phenoxy) is 10. The quantitative estimate of drug-likeness (QED) is 0.190. The lowest BCUT2D eigenvalue weighted by Crippen LogP contribution is -2.66. The number of carbonyl (C=O) groups excluding carboxylic acids is 7. The predicted molar refractivity (Wildman–Crippen MR) is 151 cm³/mol. The molecular formula is C28H40O17S. The maximum absolute atomic E-state index is 12.3. The standard InChI is InChI=1S/C28H40O17S/c1-9-46-28-26(42-18(8)35)24(40-16(6)33)22(20(44-28)11-37-13(3)30)45-27-25(41-17(7)34)23(39-15(5)32)21(38-14(4)31)19(43-27)10-36-12(2)29/h19-28H,9-11H2,1-8H3/t19-,20-,21+,22-,23+,24+,25-,26-,27+,28?/m1/s1. The van der Waals surface area contributed by atoms with Crippen LogP contribution in [-0.4, -0.2) is 121 Å². The first-order valence-corrected chi connectivity index (χ1v) is 15.3. The first-order valence-electron chi connectivity index (χ1n) is 14.2. The zero-order chi connectivity index (χ0) is 34.7. The number of rotatable bonds is 13. The molecule has 2 rings (SSSR count). The van der Waals surface area contributed by atoms with Crippen LogP contribution in [0.3, 0.4) is 0 Å². The summed E-state index contributed by atoms with van der Waals surface area (Å²) in [6, 6.07) is 0. The Hall–Kier alpha value is -3.48. The first kappa shape index (κ1) is 38.7. The van der Waals surface area contributed by atoms with Crippen LogP contribution >= 0.6 is 11.8 Å². The molecule has 18 heteroatoms. The van der Waals surface area contributed by atoms with Crippen molar-refractivity contribution in [2.75, 3.05) is 19.0 Å². The van der Waals surface area contributed by atoms with Gasteiger partial charge in [0.2, 0.25) is 0 Å². The van der Waals surface area contributed by atoms with Gasteiger partial charge in [-0.05, 0) is 5.75 Å². The van der Waals surface area contributed by atoms with E-state index < -0.39 is 116 Å². The van der Waals surface area contributed by atoms with Crippen LogP contribution in [-0.2, 0) is 80.9 Å². The molecule has 0 amide bonds. The zero-order valence-electron chi connectivity index (χ0n) is 26.7. The van der Waals surface area contributed by atoms with Crippen molar-refractivity contribution in [3.63, 3.8) is 0 Å². The van der Waals surface area contributed by atoms with Gasteiger partial charge in [-0.1, -0.05) is 6.92 Å². The van der Waals surface area contributed by atoms with E-state index in [-0.39, 0.29) is 0 Å². The van der Waals surface area contributed by atoms with Crippen LogP contribution in [0.1, 0.15) is 55.4 Å². The lowest BCUT2D eigenvalue weighted by Gasteiger charge is -2.48. The summed E-state index contributed by atoms with van der Waals surface area (Å²) < 4.78 is 56.1. The second-order valence-corrected chi connectivity index (χ2v) is 11.5. The van der Waals surface area contributed by atoms with Gasteiger partial charge in [-0.2, -0.15) is 0 Å². The van der Waals surface area contributed by atoms with Gasteiger partial charge < -0.3 is 47.4 Å². The highest BCUT2D eigenvalue weighted by molar-refractivity contribution is 7.99. The highest BCUT2D eigenvalue weighted by Gasteiger charge is 2.57. The maximum atomic E-state index is 12.3. The van der Waals surface area contributed by atoms with Crippen LogP contribution in [0.4, 0.5) is 0 Å². The van der Waals surface area contributed by atoms with Crippen molar-refractivity contribution >= 4 is 53.5 Å². The normalized spacial score (nSPS) is 30.6. The highest BCUT2D eigenvalue weighted by atomic mass is 32.2. The molecule has 0 aromatic carbocycles. The number of hydrogen-bond acceptors (Lipinski definition) is 18. The van der Waals surface area contributed by atoms with E-state index in [9.17, 15) is 33.6 Å².